The molecule has 1 N–H and O–H groups in total. The van der Waals surface area contributed by atoms with Gasteiger partial charge in [-0.05, 0) is 26.0 Å². The van der Waals surface area contributed by atoms with E-state index in [1.807, 2.05) is 42.3 Å². The second-order valence-electron chi connectivity index (χ2n) is 8.12. The van der Waals surface area contributed by atoms with Gasteiger partial charge < -0.3 is 15.1 Å². The van der Waals surface area contributed by atoms with Gasteiger partial charge in [-0.3, -0.25) is 4.79 Å². The third-order valence-corrected chi connectivity index (χ3v) is 6.09. The van der Waals surface area contributed by atoms with Crippen molar-refractivity contribution in [2.45, 2.75) is 19.9 Å². The lowest BCUT2D eigenvalue weighted by Gasteiger charge is -2.30. The van der Waals surface area contributed by atoms with Gasteiger partial charge in [0, 0.05) is 44.2 Å². The number of nitrogens with one attached hydrogen (secondary N) is 1. The number of rotatable bonds is 2. The first-order valence-electron chi connectivity index (χ1n) is 10.1. The summed E-state index contributed by atoms with van der Waals surface area (Å²) in [7, 11) is 0. The third kappa shape index (κ3) is 3.18. The summed E-state index contributed by atoms with van der Waals surface area (Å²) in [6.07, 6.45) is 5.21. The summed E-state index contributed by atoms with van der Waals surface area (Å²) in [5.41, 5.74) is 2.38. The van der Waals surface area contributed by atoms with Crippen molar-refractivity contribution in [2.75, 3.05) is 26.2 Å². The number of para-hydroxylation sites is 1. The Kier molecular flexibility index (Phi) is 4.34. The number of fused-ring (bicyclic) bond motifs is 1. The molecule has 0 saturated carbocycles. The maximum atomic E-state index is 13.3. The number of allylic oxidation sites excluding steroid dienone is 1. The van der Waals surface area contributed by atoms with Gasteiger partial charge in [-0.1, -0.05) is 12.1 Å². The predicted molar refractivity (Wildman–Crippen MR) is 110 cm³/mol. The van der Waals surface area contributed by atoms with Crippen LogP contribution in [0.2, 0.25) is 0 Å². The minimum absolute atomic E-state index is 0.0580. The monoisotopic (exact) mass is 391 g/mol. The maximum Gasteiger partial charge on any atom is 0.256 e. The minimum atomic E-state index is 0.0580. The lowest BCUT2D eigenvalue weighted by Crippen LogP contribution is -2.45. The number of amidine groups is 1. The standard InChI is InChI=1S/C21H25N7O/c1-14-9-22-15(2)20(25-14)26-10-16-12-27(13-17(16)11-26)21(29)18-5-3-4-6-19(18)28-23-7-8-24-28/h3-9,15-17,22H,10-13H2,1-2H3. The summed E-state index contributed by atoms with van der Waals surface area (Å²) >= 11 is 0. The van der Waals surface area contributed by atoms with Gasteiger partial charge >= 0.3 is 0 Å². The highest BCUT2D eigenvalue weighted by atomic mass is 16.2. The van der Waals surface area contributed by atoms with E-state index < -0.39 is 0 Å². The van der Waals surface area contributed by atoms with Crippen LogP contribution in [0.5, 0.6) is 0 Å². The van der Waals surface area contributed by atoms with Crippen molar-refractivity contribution < 1.29 is 4.79 Å². The largest absolute Gasteiger partial charge is 0.380 e. The Morgan fingerprint density at radius 2 is 1.76 bits per heavy atom. The van der Waals surface area contributed by atoms with Crippen LogP contribution in [0.4, 0.5) is 0 Å². The Hall–Kier alpha value is -3.16. The summed E-state index contributed by atoms with van der Waals surface area (Å²) in [5.74, 6) is 2.14. The molecule has 2 saturated heterocycles. The van der Waals surface area contributed by atoms with Gasteiger partial charge in [0.2, 0.25) is 0 Å². The Bertz CT molecular complexity index is 967. The molecule has 1 aromatic carbocycles. The van der Waals surface area contributed by atoms with Crippen molar-refractivity contribution in [1.82, 2.24) is 30.1 Å². The summed E-state index contributed by atoms with van der Waals surface area (Å²) in [6.45, 7) is 7.63. The highest BCUT2D eigenvalue weighted by Crippen LogP contribution is 2.33. The van der Waals surface area contributed by atoms with E-state index in [-0.39, 0.29) is 11.9 Å². The summed E-state index contributed by atoms with van der Waals surface area (Å²) in [6, 6.07) is 7.77. The van der Waals surface area contributed by atoms with Crippen LogP contribution in [0.1, 0.15) is 24.2 Å². The molecule has 2 aromatic rings. The number of aromatic nitrogens is 3. The molecule has 1 aromatic heterocycles. The van der Waals surface area contributed by atoms with E-state index in [2.05, 4.69) is 27.3 Å². The van der Waals surface area contributed by atoms with Crippen molar-refractivity contribution in [2.24, 2.45) is 16.8 Å². The highest BCUT2D eigenvalue weighted by Gasteiger charge is 2.43. The Labute approximate surface area is 169 Å². The number of carbonyl (C=O) groups excluding carboxylic acids is 1. The van der Waals surface area contributed by atoms with Gasteiger partial charge in [-0.15, -0.1) is 0 Å². The zero-order valence-electron chi connectivity index (χ0n) is 16.7. The molecule has 150 valence electrons. The molecule has 3 unspecified atom stereocenters. The molecule has 8 nitrogen and oxygen atoms in total. The number of hydrogen-bond donors (Lipinski definition) is 1. The Morgan fingerprint density at radius 3 is 2.48 bits per heavy atom. The predicted octanol–water partition coefficient (Wildman–Crippen LogP) is 1.52. The fourth-order valence-corrected chi connectivity index (χ4v) is 4.66. The van der Waals surface area contributed by atoms with E-state index in [0.717, 1.165) is 43.4 Å². The van der Waals surface area contributed by atoms with E-state index in [1.165, 1.54) is 4.80 Å². The van der Waals surface area contributed by atoms with E-state index in [4.69, 9.17) is 4.99 Å². The molecule has 8 heteroatoms. The first kappa shape index (κ1) is 17.9. The molecule has 3 atom stereocenters. The fraction of sp³-hybridized carbons (Fsp3) is 0.429. The lowest BCUT2D eigenvalue weighted by atomic mass is 10.0. The van der Waals surface area contributed by atoms with Gasteiger partial charge in [-0.2, -0.15) is 15.0 Å². The summed E-state index contributed by atoms with van der Waals surface area (Å²) in [5, 5.41) is 11.8. The molecule has 0 radical (unpaired) electrons. The second kappa shape index (κ2) is 7.02. The number of nitrogens with zero attached hydrogens (tertiary/aromatic N) is 6. The number of aliphatic imine (C=N–C) groups is 1. The zero-order chi connectivity index (χ0) is 20.0. The van der Waals surface area contributed by atoms with Crippen molar-refractivity contribution in [3.8, 4) is 5.69 Å². The molecule has 0 bridgehead atoms. The average Bonchev–Trinajstić information content (AvgIpc) is 3.45. The summed E-state index contributed by atoms with van der Waals surface area (Å²) in [4.78, 5) is 23.9. The van der Waals surface area contributed by atoms with Crippen LogP contribution in [0.25, 0.3) is 5.69 Å². The maximum absolute atomic E-state index is 13.3. The molecule has 29 heavy (non-hydrogen) atoms. The van der Waals surface area contributed by atoms with Crippen LogP contribution in [0.3, 0.4) is 0 Å². The lowest BCUT2D eigenvalue weighted by molar-refractivity contribution is 0.0777. The van der Waals surface area contributed by atoms with Gasteiger partial charge in [0.05, 0.1) is 35.4 Å². The van der Waals surface area contributed by atoms with E-state index in [9.17, 15) is 4.79 Å². The number of likely N-dealkylation sites (tertiary alicyclic amines) is 2. The van der Waals surface area contributed by atoms with Crippen LogP contribution >= 0.6 is 0 Å². The van der Waals surface area contributed by atoms with E-state index >= 15 is 0 Å². The normalized spacial score (nSPS) is 26.1. The molecule has 0 aliphatic carbocycles. The molecular weight excluding hydrogens is 366 g/mol. The van der Waals surface area contributed by atoms with Crippen LogP contribution in [0.15, 0.2) is 53.5 Å². The van der Waals surface area contributed by atoms with Gasteiger partial charge in [0.15, 0.2) is 0 Å². The molecule has 4 heterocycles. The number of carbonyl (C=O) groups is 1. The first-order valence-corrected chi connectivity index (χ1v) is 10.1. The van der Waals surface area contributed by atoms with Gasteiger partial charge in [0.25, 0.3) is 5.91 Å². The smallest absolute Gasteiger partial charge is 0.256 e. The molecule has 5 rings (SSSR count). The quantitative estimate of drug-likeness (QED) is 0.840. The van der Waals surface area contributed by atoms with Gasteiger partial charge in [-0.25, -0.2) is 4.99 Å². The summed E-state index contributed by atoms with van der Waals surface area (Å²) < 4.78 is 0. The second-order valence-corrected chi connectivity index (χ2v) is 8.12. The molecule has 1 amide bonds. The van der Waals surface area contributed by atoms with Gasteiger partial charge in [0.1, 0.15) is 5.84 Å². The topological polar surface area (TPSA) is 78.6 Å². The number of hydrogen-bond acceptors (Lipinski definition) is 6. The van der Waals surface area contributed by atoms with Crippen LogP contribution in [0, 0.1) is 11.8 Å². The third-order valence-electron chi connectivity index (χ3n) is 6.09. The van der Waals surface area contributed by atoms with Crippen LogP contribution < -0.4 is 5.32 Å². The minimum Gasteiger partial charge on any atom is -0.380 e. The fourth-order valence-electron chi connectivity index (χ4n) is 4.66. The highest BCUT2D eigenvalue weighted by molar-refractivity contribution is 5.98. The van der Waals surface area contributed by atoms with Crippen molar-refractivity contribution >= 4 is 11.7 Å². The number of amides is 1. The SMILES string of the molecule is CC1=CNC(C)C(N2CC3CN(C(=O)c4ccccc4-n4nccn4)CC3C2)=N1. The number of benzene rings is 1. The van der Waals surface area contributed by atoms with Crippen LogP contribution in [-0.2, 0) is 0 Å². The van der Waals surface area contributed by atoms with Crippen molar-refractivity contribution in [1.29, 1.82) is 0 Å². The molecule has 0 spiro atoms. The molecule has 3 aliphatic heterocycles. The average molecular weight is 391 g/mol. The van der Waals surface area contributed by atoms with Crippen molar-refractivity contribution in [3.63, 3.8) is 0 Å². The Morgan fingerprint density at radius 1 is 1.07 bits per heavy atom. The van der Waals surface area contributed by atoms with Crippen LogP contribution in [-0.4, -0.2) is 68.8 Å². The molecule has 3 aliphatic rings. The van der Waals surface area contributed by atoms with Crippen molar-refractivity contribution in [3.05, 3.63) is 54.1 Å². The zero-order valence-corrected chi connectivity index (χ0v) is 16.7. The van der Waals surface area contributed by atoms with E-state index in [1.54, 1.807) is 12.4 Å². The molecular formula is C21H25N7O. The Balaban J connectivity index is 1.30. The first-order chi connectivity index (χ1) is 14.1. The molecule has 2 fully saturated rings. The van der Waals surface area contributed by atoms with E-state index in [0.29, 0.717) is 17.4 Å².